The van der Waals surface area contributed by atoms with E-state index in [1.165, 1.54) is 6.08 Å². The number of rotatable bonds is 5. The first-order chi connectivity index (χ1) is 9.69. The van der Waals surface area contributed by atoms with Crippen LogP contribution in [0.1, 0.15) is 18.4 Å². The van der Waals surface area contributed by atoms with Crippen molar-refractivity contribution < 1.29 is 14.3 Å². The predicted octanol–water partition coefficient (Wildman–Crippen LogP) is 2.66. The highest BCUT2D eigenvalue weighted by Gasteiger charge is 2.15. The molecule has 0 spiro atoms. The molecule has 0 bridgehead atoms. The first-order valence-electron chi connectivity index (χ1n) is 6.60. The van der Waals surface area contributed by atoms with E-state index in [1.54, 1.807) is 31.4 Å². The van der Waals surface area contributed by atoms with E-state index in [4.69, 9.17) is 21.1 Å². The highest BCUT2D eigenvalue weighted by molar-refractivity contribution is 6.30. The Morgan fingerprint density at radius 3 is 3.15 bits per heavy atom. The lowest BCUT2D eigenvalue weighted by Gasteiger charge is -2.09. The number of methoxy groups -OCH3 is 1. The smallest absolute Gasteiger partial charge is 0.244 e. The van der Waals surface area contributed by atoms with Gasteiger partial charge >= 0.3 is 0 Å². The fourth-order valence-corrected chi connectivity index (χ4v) is 2.26. The van der Waals surface area contributed by atoms with E-state index in [9.17, 15) is 4.79 Å². The van der Waals surface area contributed by atoms with E-state index in [2.05, 4.69) is 5.32 Å². The number of amides is 1. The molecule has 1 heterocycles. The summed E-state index contributed by atoms with van der Waals surface area (Å²) in [5, 5.41) is 3.42. The fourth-order valence-electron chi connectivity index (χ4n) is 2.08. The number of nitrogens with one attached hydrogen (secondary N) is 1. The van der Waals surface area contributed by atoms with E-state index in [0.29, 0.717) is 17.3 Å². The Balaban J connectivity index is 1.90. The van der Waals surface area contributed by atoms with E-state index < -0.39 is 0 Å². The lowest BCUT2D eigenvalue weighted by atomic mass is 10.2. The summed E-state index contributed by atoms with van der Waals surface area (Å²) in [5.41, 5.74) is 0.771. The normalized spacial score (nSPS) is 18.4. The Morgan fingerprint density at radius 1 is 1.60 bits per heavy atom. The van der Waals surface area contributed by atoms with Gasteiger partial charge < -0.3 is 14.8 Å². The maximum Gasteiger partial charge on any atom is 0.244 e. The zero-order valence-corrected chi connectivity index (χ0v) is 12.2. The molecule has 1 aliphatic rings. The van der Waals surface area contributed by atoms with E-state index in [0.717, 1.165) is 25.0 Å². The largest absolute Gasteiger partial charge is 0.496 e. The molecule has 1 aliphatic heterocycles. The van der Waals surface area contributed by atoms with Crippen LogP contribution in [-0.4, -0.2) is 32.3 Å². The van der Waals surface area contributed by atoms with Crippen LogP contribution in [0.25, 0.3) is 6.08 Å². The van der Waals surface area contributed by atoms with Gasteiger partial charge in [-0.2, -0.15) is 0 Å². The Labute approximate surface area is 123 Å². The second kappa shape index (κ2) is 7.31. The summed E-state index contributed by atoms with van der Waals surface area (Å²) in [7, 11) is 1.58. The molecule has 1 fully saturated rings. The van der Waals surface area contributed by atoms with Crippen molar-refractivity contribution in [3.8, 4) is 5.75 Å². The van der Waals surface area contributed by atoms with Crippen LogP contribution >= 0.6 is 11.6 Å². The van der Waals surface area contributed by atoms with Crippen molar-refractivity contribution >= 4 is 23.6 Å². The Hall–Kier alpha value is -1.52. The summed E-state index contributed by atoms with van der Waals surface area (Å²) in [5.74, 6) is 0.528. The van der Waals surface area contributed by atoms with Gasteiger partial charge in [-0.1, -0.05) is 11.6 Å². The molecule has 1 N–H and O–H groups in total. The van der Waals surface area contributed by atoms with Crippen molar-refractivity contribution in [1.82, 2.24) is 5.32 Å². The molecule has 108 valence electrons. The van der Waals surface area contributed by atoms with E-state index in [1.807, 2.05) is 0 Å². The second-order valence-corrected chi connectivity index (χ2v) is 5.04. The Morgan fingerprint density at radius 2 is 2.45 bits per heavy atom. The molecule has 4 nitrogen and oxygen atoms in total. The van der Waals surface area contributed by atoms with Crippen LogP contribution in [0.3, 0.4) is 0 Å². The van der Waals surface area contributed by atoms with E-state index in [-0.39, 0.29) is 12.0 Å². The average Bonchev–Trinajstić information content (AvgIpc) is 2.96. The number of halogens is 1. The van der Waals surface area contributed by atoms with Gasteiger partial charge in [-0.3, -0.25) is 4.79 Å². The van der Waals surface area contributed by atoms with Gasteiger partial charge in [0, 0.05) is 29.8 Å². The van der Waals surface area contributed by atoms with Gasteiger partial charge in [0.05, 0.1) is 13.2 Å². The molecular formula is C15H18ClNO3. The summed E-state index contributed by atoms with van der Waals surface area (Å²) >= 11 is 5.93. The van der Waals surface area contributed by atoms with Crippen molar-refractivity contribution in [2.24, 2.45) is 0 Å². The Kier molecular flexibility index (Phi) is 5.44. The van der Waals surface area contributed by atoms with Gasteiger partial charge in [0.1, 0.15) is 5.75 Å². The monoisotopic (exact) mass is 295 g/mol. The molecule has 2 rings (SSSR count). The minimum Gasteiger partial charge on any atom is -0.496 e. The first kappa shape index (κ1) is 14.9. The molecule has 0 radical (unpaired) electrons. The molecule has 1 unspecified atom stereocenters. The lowest BCUT2D eigenvalue weighted by Crippen LogP contribution is -2.30. The number of carbonyl (C=O) groups is 1. The SMILES string of the molecule is COc1ccc(Cl)cc1C=CC(=O)NCC1CCCO1. The van der Waals surface area contributed by atoms with Crippen LogP contribution in [-0.2, 0) is 9.53 Å². The summed E-state index contributed by atoms with van der Waals surface area (Å²) in [6, 6.07) is 5.27. The van der Waals surface area contributed by atoms with Gasteiger partial charge in [-0.15, -0.1) is 0 Å². The van der Waals surface area contributed by atoms with Crippen molar-refractivity contribution in [3.05, 3.63) is 34.9 Å². The van der Waals surface area contributed by atoms with Gasteiger partial charge in [0.15, 0.2) is 0 Å². The van der Waals surface area contributed by atoms with Gasteiger partial charge in [-0.25, -0.2) is 0 Å². The summed E-state index contributed by atoms with van der Waals surface area (Å²) in [4.78, 5) is 11.7. The molecule has 0 saturated carbocycles. The highest BCUT2D eigenvalue weighted by Crippen LogP contribution is 2.23. The molecule has 1 atom stereocenters. The van der Waals surface area contributed by atoms with Crippen LogP contribution in [0.5, 0.6) is 5.75 Å². The van der Waals surface area contributed by atoms with Crippen molar-refractivity contribution in [2.75, 3.05) is 20.3 Å². The van der Waals surface area contributed by atoms with Crippen LogP contribution in [0.4, 0.5) is 0 Å². The molecule has 1 amide bonds. The number of benzene rings is 1. The molecule has 1 aromatic carbocycles. The molecular weight excluding hydrogens is 278 g/mol. The maximum atomic E-state index is 11.7. The van der Waals surface area contributed by atoms with Gasteiger partial charge in [-0.05, 0) is 37.1 Å². The quantitative estimate of drug-likeness (QED) is 0.850. The molecule has 5 heteroatoms. The second-order valence-electron chi connectivity index (χ2n) is 4.60. The van der Waals surface area contributed by atoms with E-state index >= 15 is 0 Å². The summed E-state index contributed by atoms with van der Waals surface area (Å²) < 4.78 is 10.7. The van der Waals surface area contributed by atoms with Crippen LogP contribution in [0, 0.1) is 0 Å². The number of ether oxygens (including phenoxy) is 2. The first-order valence-corrected chi connectivity index (χ1v) is 6.98. The number of hydrogen-bond acceptors (Lipinski definition) is 3. The third kappa shape index (κ3) is 4.25. The average molecular weight is 296 g/mol. The van der Waals surface area contributed by atoms with Crippen molar-refractivity contribution in [2.45, 2.75) is 18.9 Å². The third-order valence-electron chi connectivity index (χ3n) is 3.13. The summed E-state index contributed by atoms with van der Waals surface area (Å²) in [6.07, 6.45) is 5.38. The topological polar surface area (TPSA) is 47.6 Å². The zero-order valence-electron chi connectivity index (χ0n) is 11.4. The highest BCUT2D eigenvalue weighted by atomic mass is 35.5. The Bertz CT molecular complexity index is 496. The zero-order chi connectivity index (χ0) is 14.4. The van der Waals surface area contributed by atoms with Crippen LogP contribution in [0.2, 0.25) is 5.02 Å². The molecule has 0 aromatic heterocycles. The number of hydrogen-bond donors (Lipinski definition) is 1. The predicted molar refractivity (Wildman–Crippen MR) is 79.0 cm³/mol. The molecule has 1 saturated heterocycles. The third-order valence-corrected chi connectivity index (χ3v) is 3.37. The van der Waals surface area contributed by atoms with Crippen molar-refractivity contribution in [1.29, 1.82) is 0 Å². The van der Waals surface area contributed by atoms with Crippen LogP contribution in [0.15, 0.2) is 24.3 Å². The van der Waals surface area contributed by atoms with Crippen molar-refractivity contribution in [3.63, 3.8) is 0 Å². The maximum absolute atomic E-state index is 11.7. The summed E-state index contributed by atoms with van der Waals surface area (Å²) in [6.45, 7) is 1.34. The van der Waals surface area contributed by atoms with Crippen LogP contribution < -0.4 is 10.1 Å². The minimum absolute atomic E-state index is 0.146. The molecule has 1 aromatic rings. The molecule has 20 heavy (non-hydrogen) atoms. The standard InChI is InChI=1S/C15H18ClNO3/c1-19-14-6-5-12(16)9-11(14)4-7-15(18)17-10-13-3-2-8-20-13/h4-7,9,13H,2-3,8,10H2,1H3,(H,17,18). The molecule has 0 aliphatic carbocycles. The minimum atomic E-state index is -0.150. The number of carbonyl (C=O) groups excluding carboxylic acids is 1. The van der Waals surface area contributed by atoms with Gasteiger partial charge in [0.2, 0.25) is 5.91 Å². The fraction of sp³-hybridized carbons (Fsp3) is 0.400. The lowest BCUT2D eigenvalue weighted by molar-refractivity contribution is -0.116. The van der Waals surface area contributed by atoms with Gasteiger partial charge in [0.25, 0.3) is 0 Å².